The molecule has 0 aromatic rings. The highest BCUT2D eigenvalue weighted by Crippen LogP contribution is 2.59. The monoisotopic (exact) mass is 352 g/mol. The Bertz CT molecular complexity index is 415. The van der Waals surface area contributed by atoms with Crippen LogP contribution in [0, 0.1) is 23.2 Å². The fourth-order valence-electron chi connectivity index (χ4n) is 6.29. The second-order valence-corrected chi connectivity index (χ2v) is 9.40. The summed E-state index contributed by atoms with van der Waals surface area (Å²) in [6.45, 7) is 7.51. The summed E-state index contributed by atoms with van der Waals surface area (Å²) in [4.78, 5) is 1.68. The lowest BCUT2D eigenvalue weighted by Gasteiger charge is -2.57. The van der Waals surface area contributed by atoms with Gasteiger partial charge in [0.2, 0.25) is 0 Å². The molecule has 5 fully saturated rings. The molecule has 24 heavy (non-hydrogen) atoms. The molecule has 0 aromatic carbocycles. The van der Waals surface area contributed by atoms with E-state index in [0.29, 0.717) is 5.41 Å². The van der Waals surface area contributed by atoms with E-state index in [1.54, 1.807) is 4.90 Å². The Morgan fingerprint density at radius 1 is 1.00 bits per heavy atom. The first kappa shape index (κ1) is 17.0. The van der Waals surface area contributed by atoms with Gasteiger partial charge in [-0.05, 0) is 73.9 Å². The molecule has 136 valence electrons. The molecule has 1 saturated heterocycles. The van der Waals surface area contributed by atoms with E-state index in [4.69, 9.17) is 17.0 Å². The lowest BCUT2D eigenvalue weighted by Crippen LogP contribution is -3.14. The van der Waals surface area contributed by atoms with Crippen LogP contribution >= 0.6 is 12.2 Å². The van der Waals surface area contributed by atoms with Gasteiger partial charge in [0.05, 0.1) is 19.8 Å². The highest BCUT2D eigenvalue weighted by molar-refractivity contribution is 7.80. The largest absolute Gasteiger partial charge is 0.370 e. The number of hydrogen-bond acceptors (Lipinski definition) is 2. The fourth-order valence-corrected chi connectivity index (χ4v) is 6.46. The molecule has 0 spiro atoms. The van der Waals surface area contributed by atoms with E-state index in [-0.39, 0.29) is 0 Å². The van der Waals surface area contributed by atoms with Crippen LogP contribution in [0.4, 0.5) is 0 Å². The van der Waals surface area contributed by atoms with Crippen molar-refractivity contribution in [1.82, 2.24) is 10.6 Å². The van der Waals surface area contributed by atoms with Gasteiger partial charge in [0.1, 0.15) is 13.1 Å². The van der Waals surface area contributed by atoms with Gasteiger partial charge in [-0.3, -0.25) is 0 Å². The summed E-state index contributed by atoms with van der Waals surface area (Å²) in [6.07, 6.45) is 10.1. The molecule has 0 radical (unpaired) electrons. The average molecular weight is 353 g/mol. The molecule has 1 heterocycles. The Labute approximate surface area is 152 Å². The Hall–Kier alpha value is -0.390. The van der Waals surface area contributed by atoms with Gasteiger partial charge in [0.15, 0.2) is 5.11 Å². The van der Waals surface area contributed by atoms with Crippen LogP contribution < -0.4 is 15.5 Å². The maximum Gasteiger partial charge on any atom is 0.166 e. The molecule has 0 amide bonds. The van der Waals surface area contributed by atoms with Crippen LogP contribution in [0.5, 0.6) is 0 Å². The van der Waals surface area contributed by atoms with Crippen LogP contribution in [0.2, 0.25) is 0 Å². The Morgan fingerprint density at radius 3 is 2.25 bits per heavy atom. The second-order valence-electron chi connectivity index (χ2n) is 8.99. The normalized spacial score (nSPS) is 38.2. The molecule has 4 bridgehead atoms. The van der Waals surface area contributed by atoms with E-state index >= 15 is 0 Å². The van der Waals surface area contributed by atoms with E-state index in [1.165, 1.54) is 51.5 Å². The summed E-state index contributed by atoms with van der Waals surface area (Å²) in [5.74, 6) is 3.07. The van der Waals surface area contributed by atoms with Crippen LogP contribution in [-0.4, -0.2) is 51.0 Å². The highest BCUT2D eigenvalue weighted by atomic mass is 32.1. The van der Waals surface area contributed by atoms with Crippen LogP contribution in [0.3, 0.4) is 0 Å². The minimum absolute atomic E-state index is 0.568. The minimum atomic E-state index is 0.568. The maximum atomic E-state index is 5.53. The van der Waals surface area contributed by atoms with Crippen LogP contribution in [-0.2, 0) is 4.74 Å². The summed E-state index contributed by atoms with van der Waals surface area (Å²) in [6, 6.07) is 0. The van der Waals surface area contributed by atoms with Gasteiger partial charge in [-0.25, -0.2) is 0 Å². The predicted molar refractivity (Wildman–Crippen MR) is 100 cm³/mol. The van der Waals surface area contributed by atoms with Crippen molar-refractivity contribution in [2.75, 3.05) is 45.9 Å². The number of ether oxygens (including phenoxy) is 1. The zero-order valence-electron chi connectivity index (χ0n) is 14.9. The summed E-state index contributed by atoms with van der Waals surface area (Å²) >= 11 is 5.53. The number of hydrogen-bond donors (Lipinski definition) is 3. The third-order valence-corrected chi connectivity index (χ3v) is 7.27. The highest BCUT2D eigenvalue weighted by Gasteiger charge is 2.50. The Kier molecular flexibility index (Phi) is 5.30. The molecular weight excluding hydrogens is 318 g/mol. The number of thiocarbonyl (C=S) groups is 1. The Morgan fingerprint density at radius 2 is 1.62 bits per heavy atom. The molecule has 5 aliphatic rings. The summed E-state index contributed by atoms with van der Waals surface area (Å²) in [7, 11) is 0. The number of rotatable bonds is 6. The first-order chi connectivity index (χ1) is 11.7. The first-order valence-electron chi connectivity index (χ1n) is 10.1. The third kappa shape index (κ3) is 4.05. The van der Waals surface area contributed by atoms with Crippen molar-refractivity contribution < 1.29 is 9.64 Å². The van der Waals surface area contributed by atoms with Gasteiger partial charge in [-0.2, -0.15) is 0 Å². The molecule has 4 saturated carbocycles. The van der Waals surface area contributed by atoms with Crippen molar-refractivity contribution in [2.45, 2.75) is 44.9 Å². The molecule has 4 aliphatic carbocycles. The standard InChI is InChI=1S/C19H33N3OS/c24-18(20-2-1-3-22-4-6-23-7-5-22)21-14-19-11-15-8-16(12-19)10-17(9-15)13-19/h15-17H,1-14H2,(H2,20,21,24)/p+1. The zero-order chi connectivity index (χ0) is 16.4. The summed E-state index contributed by atoms with van der Waals surface area (Å²) < 4.78 is 5.41. The van der Waals surface area contributed by atoms with Gasteiger partial charge < -0.3 is 20.3 Å². The quantitative estimate of drug-likeness (QED) is 0.492. The molecular formula is C19H34N3OS+. The number of nitrogens with one attached hydrogen (secondary N) is 3. The van der Waals surface area contributed by atoms with E-state index in [9.17, 15) is 0 Å². The van der Waals surface area contributed by atoms with Crippen molar-refractivity contribution >= 4 is 17.3 Å². The minimum Gasteiger partial charge on any atom is -0.370 e. The second kappa shape index (κ2) is 7.46. The third-order valence-electron chi connectivity index (χ3n) is 6.98. The summed E-state index contributed by atoms with van der Waals surface area (Å²) in [5.41, 5.74) is 0.568. The van der Waals surface area contributed by atoms with Crippen molar-refractivity contribution in [3.63, 3.8) is 0 Å². The van der Waals surface area contributed by atoms with Gasteiger partial charge in [0.25, 0.3) is 0 Å². The molecule has 5 heteroatoms. The smallest absolute Gasteiger partial charge is 0.166 e. The zero-order valence-corrected chi connectivity index (χ0v) is 15.8. The predicted octanol–water partition coefficient (Wildman–Crippen LogP) is 0.972. The molecule has 0 unspecified atom stereocenters. The fraction of sp³-hybridized carbons (Fsp3) is 0.947. The van der Waals surface area contributed by atoms with Crippen molar-refractivity contribution in [3.8, 4) is 0 Å². The maximum absolute atomic E-state index is 5.53. The van der Waals surface area contributed by atoms with Gasteiger partial charge in [0, 0.05) is 19.5 Å². The van der Waals surface area contributed by atoms with Gasteiger partial charge in [-0.15, -0.1) is 0 Å². The van der Waals surface area contributed by atoms with Gasteiger partial charge in [-0.1, -0.05) is 0 Å². The molecule has 3 N–H and O–H groups in total. The molecule has 0 aromatic heterocycles. The van der Waals surface area contributed by atoms with Crippen molar-refractivity contribution in [2.24, 2.45) is 23.2 Å². The van der Waals surface area contributed by atoms with E-state index in [0.717, 1.165) is 62.3 Å². The van der Waals surface area contributed by atoms with Crippen molar-refractivity contribution in [3.05, 3.63) is 0 Å². The van der Waals surface area contributed by atoms with Crippen LogP contribution in [0.15, 0.2) is 0 Å². The molecule has 1 aliphatic heterocycles. The van der Waals surface area contributed by atoms with Gasteiger partial charge >= 0.3 is 0 Å². The van der Waals surface area contributed by atoms with E-state index in [2.05, 4.69) is 10.6 Å². The van der Waals surface area contributed by atoms with Crippen LogP contribution in [0.1, 0.15) is 44.9 Å². The van der Waals surface area contributed by atoms with Crippen molar-refractivity contribution in [1.29, 1.82) is 0 Å². The number of morpholine rings is 1. The molecule has 5 rings (SSSR count). The number of quaternary nitrogens is 1. The lowest BCUT2D eigenvalue weighted by molar-refractivity contribution is -0.908. The van der Waals surface area contributed by atoms with E-state index in [1.807, 2.05) is 0 Å². The topological polar surface area (TPSA) is 37.7 Å². The lowest BCUT2D eigenvalue weighted by atomic mass is 9.49. The molecule has 0 atom stereocenters. The Balaban J connectivity index is 1.13. The first-order valence-corrected chi connectivity index (χ1v) is 10.5. The molecule has 4 nitrogen and oxygen atoms in total. The SMILES string of the molecule is S=C(NCCC[NH+]1CCOCC1)NCC12CC3CC(CC(C3)C1)C2. The summed E-state index contributed by atoms with van der Waals surface area (Å²) in [5, 5.41) is 7.88. The average Bonchev–Trinajstić information content (AvgIpc) is 2.57. The van der Waals surface area contributed by atoms with Crippen LogP contribution in [0.25, 0.3) is 0 Å². The van der Waals surface area contributed by atoms with E-state index < -0.39 is 0 Å².